The molecule has 3 aromatic rings. The number of rotatable bonds is 7. The van der Waals surface area contributed by atoms with E-state index < -0.39 is 5.97 Å². The minimum absolute atomic E-state index is 0.213. The Morgan fingerprint density at radius 3 is 2.50 bits per heavy atom. The fraction of sp³-hybridized carbons (Fsp3) is 0.0476. The van der Waals surface area contributed by atoms with Crippen molar-refractivity contribution in [3.8, 4) is 5.75 Å². The van der Waals surface area contributed by atoms with E-state index in [9.17, 15) is 4.79 Å². The zero-order valence-corrected chi connectivity index (χ0v) is 14.0. The van der Waals surface area contributed by atoms with Gasteiger partial charge >= 0.3 is 5.97 Å². The molecule has 26 heavy (non-hydrogen) atoms. The number of hydrazone groups is 1. The summed E-state index contributed by atoms with van der Waals surface area (Å²) in [5.74, 6) is -0.183. The molecule has 0 bridgehead atoms. The summed E-state index contributed by atoms with van der Waals surface area (Å²) >= 11 is 0. The van der Waals surface area contributed by atoms with Gasteiger partial charge in [-0.25, -0.2) is 4.79 Å². The van der Waals surface area contributed by atoms with Gasteiger partial charge in [0.05, 0.1) is 17.5 Å². The van der Waals surface area contributed by atoms with Gasteiger partial charge in [0.15, 0.2) is 0 Å². The van der Waals surface area contributed by atoms with Gasteiger partial charge in [0.1, 0.15) is 12.4 Å². The molecule has 130 valence electrons. The number of carboxylic acids is 1. The maximum Gasteiger partial charge on any atom is 0.335 e. The number of anilines is 1. The van der Waals surface area contributed by atoms with Crippen LogP contribution < -0.4 is 10.2 Å². The highest BCUT2D eigenvalue weighted by Crippen LogP contribution is 2.14. The van der Waals surface area contributed by atoms with Crippen LogP contribution in [0.15, 0.2) is 84.0 Å². The molecule has 2 N–H and O–H groups in total. The highest BCUT2D eigenvalue weighted by Gasteiger charge is 2.02. The van der Waals surface area contributed by atoms with Crippen molar-refractivity contribution in [2.75, 3.05) is 5.43 Å². The quantitative estimate of drug-likeness (QED) is 0.491. The molecule has 0 saturated heterocycles. The number of nitrogens with one attached hydrogen (secondary N) is 1. The van der Waals surface area contributed by atoms with Crippen molar-refractivity contribution in [3.05, 3.63) is 95.6 Å². The average Bonchev–Trinajstić information content (AvgIpc) is 2.68. The highest BCUT2D eigenvalue weighted by molar-refractivity contribution is 5.88. The van der Waals surface area contributed by atoms with E-state index >= 15 is 0 Å². The lowest BCUT2D eigenvalue weighted by molar-refractivity contribution is 0.0697. The smallest absolute Gasteiger partial charge is 0.335 e. The van der Waals surface area contributed by atoms with Crippen LogP contribution in [0.3, 0.4) is 0 Å². The molecule has 0 amide bonds. The van der Waals surface area contributed by atoms with Gasteiger partial charge < -0.3 is 9.84 Å². The zero-order chi connectivity index (χ0) is 18.2. The molecule has 0 aliphatic rings. The van der Waals surface area contributed by atoms with Crippen molar-refractivity contribution in [1.29, 1.82) is 0 Å². The first kappa shape index (κ1) is 17.2. The van der Waals surface area contributed by atoms with Crippen LogP contribution in [0, 0.1) is 0 Å². The van der Waals surface area contributed by atoms with Crippen LogP contribution in [0.25, 0.3) is 0 Å². The molecule has 0 aromatic heterocycles. The third-order valence-corrected chi connectivity index (χ3v) is 3.65. The van der Waals surface area contributed by atoms with Gasteiger partial charge in [-0.2, -0.15) is 5.10 Å². The van der Waals surface area contributed by atoms with Crippen LogP contribution >= 0.6 is 0 Å². The Labute approximate surface area is 151 Å². The number of carboxylic acid groups (broad SMARTS) is 1. The number of aromatic carboxylic acids is 1. The van der Waals surface area contributed by atoms with Crippen LogP contribution in [-0.4, -0.2) is 17.3 Å². The summed E-state index contributed by atoms with van der Waals surface area (Å²) in [6.07, 6.45) is 1.66. The van der Waals surface area contributed by atoms with Crippen molar-refractivity contribution in [3.63, 3.8) is 0 Å². The monoisotopic (exact) mass is 346 g/mol. The number of benzene rings is 3. The van der Waals surface area contributed by atoms with E-state index in [-0.39, 0.29) is 5.56 Å². The second-order valence-electron chi connectivity index (χ2n) is 5.60. The van der Waals surface area contributed by atoms with Crippen molar-refractivity contribution >= 4 is 17.9 Å². The molecule has 5 nitrogen and oxygen atoms in total. The van der Waals surface area contributed by atoms with Crippen LogP contribution in [0.4, 0.5) is 5.69 Å². The van der Waals surface area contributed by atoms with E-state index in [4.69, 9.17) is 9.84 Å². The topological polar surface area (TPSA) is 70.9 Å². The van der Waals surface area contributed by atoms with E-state index in [1.807, 2.05) is 54.6 Å². The van der Waals surface area contributed by atoms with Gasteiger partial charge in [0, 0.05) is 0 Å². The molecule has 3 aromatic carbocycles. The molecule has 0 fully saturated rings. The van der Waals surface area contributed by atoms with E-state index in [0.29, 0.717) is 12.3 Å². The van der Waals surface area contributed by atoms with E-state index in [0.717, 1.165) is 16.9 Å². The molecular formula is C21H18N2O3. The van der Waals surface area contributed by atoms with Crippen LogP contribution in [0.1, 0.15) is 21.5 Å². The second kappa shape index (κ2) is 8.48. The Balaban J connectivity index is 1.54. The maximum atomic E-state index is 10.9. The summed E-state index contributed by atoms with van der Waals surface area (Å²) in [6, 6.07) is 24.0. The summed E-state index contributed by atoms with van der Waals surface area (Å²) in [5, 5.41) is 13.1. The normalized spacial score (nSPS) is 10.6. The SMILES string of the molecule is O=C(O)c1cccc(NN=Cc2ccc(OCc3ccccc3)cc2)c1. The Hall–Kier alpha value is -3.60. The largest absolute Gasteiger partial charge is 0.489 e. The Morgan fingerprint density at radius 1 is 1.00 bits per heavy atom. The minimum atomic E-state index is -0.969. The minimum Gasteiger partial charge on any atom is -0.489 e. The summed E-state index contributed by atoms with van der Waals surface area (Å²) < 4.78 is 5.74. The third kappa shape index (κ3) is 4.95. The van der Waals surface area contributed by atoms with Crippen molar-refractivity contribution in [2.45, 2.75) is 6.61 Å². The first-order valence-corrected chi connectivity index (χ1v) is 8.10. The molecule has 5 heteroatoms. The fourth-order valence-electron chi connectivity index (χ4n) is 2.29. The summed E-state index contributed by atoms with van der Waals surface area (Å²) in [5.41, 5.74) is 5.67. The molecule has 0 aliphatic heterocycles. The van der Waals surface area contributed by atoms with Gasteiger partial charge in [-0.05, 0) is 53.6 Å². The molecule has 0 unspecified atom stereocenters. The molecule has 0 aliphatic carbocycles. The zero-order valence-electron chi connectivity index (χ0n) is 14.0. The molecule has 0 heterocycles. The van der Waals surface area contributed by atoms with Gasteiger partial charge in [-0.3, -0.25) is 5.43 Å². The van der Waals surface area contributed by atoms with E-state index in [2.05, 4.69) is 10.5 Å². The number of hydrogen-bond donors (Lipinski definition) is 2. The second-order valence-corrected chi connectivity index (χ2v) is 5.60. The lowest BCUT2D eigenvalue weighted by Crippen LogP contribution is -1.98. The Morgan fingerprint density at radius 2 is 1.77 bits per heavy atom. The first-order valence-electron chi connectivity index (χ1n) is 8.10. The van der Waals surface area contributed by atoms with Gasteiger partial charge in [0.25, 0.3) is 0 Å². The van der Waals surface area contributed by atoms with Crippen LogP contribution in [0.2, 0.25) is 0 Å². The van der Waals surface area contributed by atoms with E-state index in [1.165, 1.54) is 12.1 Å². The summed E-state index contributed by atoms with van der Waals surface area (Å²) in [6.45, 7) is 0.524. The number of nitrogens with zero attached hydrogens (tertiary/aromatic N) is 1. The molecular weight excluding hydrogens is 328 g/mol. The van der Waals surface area contributed by atoms with Crippen molar-refractivity contribution in [2.24, 2.45) is 5.10 Å². The van der Waals surface area contributed by atoms with Crippen LogP contribution in [0.5, 0.6) is 5.75 Å². The molecule has 0 radical (unpaired) electrons. The predicted octanol–water partition coefficient (Wildman–Crippen LogP) is 4.41. The van der Waals surface area contributed by atoms with E-state index in [1.54, 1.807) is 18.3 Å². The average molecular weight is 346 g/mol. The predicted molar refractivity (Wildman–Crippen MR) is 102 cm³/mol. The third-order valence-electron chi connectivity index (χ3n) is 3.65. The highest BCUT2D eigenvalue weighted by atomic mass is 16.5. The summed E-state index contributed by atoms with van der Waals surface area (Å²) in [7, 11) is 0. The summed E-state index contributed by atoms with van der Waals surface area (Å²) in [4.78, 5) is 10.9. The fourth-order valence-corrected chi connectivity index (χ4v) is 2.29. The molecule has 0 atom stereocenters. The number of carbonyl (C=O) groups is 1. The number of hydrogen-bond acceptors (Lipinski definition) is 4. The van der Waals surface area contributed by atoms with Gasteiger partial charge in [0.2, 0.25) is 0 Å². The Bertz CT molecular complexity index is 891. The van der Waals surface area contributed by atoms with Gasteiger partial charge in [-0.1, -0.05) is 36.4 Å². The lowest BCUT2D eigenvalue weighted by Gasteiger charge is -2.06. The first-order chi connectivity index (χ1) is 12.7. The lowest BCUT2D eigenvalue weighted by atomic mass is 10.2. The van der Waals surface area contributed by atoms with Gasteiger partial charge in [-0.15, -0.1) is 0 Å². The number of ether oxygens (including phenoxy) is 1. The molecule has 3 rings (SSSR count). The van der Waals surface area contributed by atoms with Crippen molar-refractivity contribution < 1.29 is 14.6 Å². The van der Waals surface area contributed by atoms with Crippen molar-refractivity contribution in [1.82, 2.24) is 0 Å². The molecule has 0 spiro atoms. The molecule has 0 saturated carbocycles. The standard InChI is InChI=1S/C21H18N2O3/c24-21(25)18-7-4-8-19(13-18)23-22-14-16-9-11-20(12-10-16)26-15-17-5-2-1-3-6-17/h1-14,23H,15H2,(H,24,25). The maximum absolute atomic E-state index is 10.9. The Kier molecular flexibility index (Phi) is 5.62. The van der Waals surface area contributed by atoms with Crippen LogP contribution in [-0.2, 0) is 6.61 Å².